The molecule has 0 spiro atoms. The Balaban J connectivity index is 1.28. The topological polar surface area (TPSA) is 137 Å². The van der Waals surface area contributed by atoms with Crippen LogP contribution in [0.3, 0.4) is 0 Å². The molecule has 11 nitrogen and oxygen atoms in total. The quantitative estimate of drug-likeness (QED) is 0.156. The van der Waals surface area contributed by atoms with Crippen LogP contribution in [0.1, 0.15) is 97.8 Å². The van der Waals surface area contributed by atoms with Crippen molar-refractivity contribution < 1.29 is 23.9 Å². The van der Waals surface area contributed by atoms with Gasteiger partial charge < -0.3 is 9.64 Å². The van der Waals surface area contributed by atoms with Gasteiger partial charge in [-0.25, -0.2) is 15.0 Å². The number of ketones is 3. The minimum Gasteiger partial charge on any atom is -0.380 e. The number of piperidine rings is 1. The van der Waals surface area contributed by atoms with Crippen molar-refractivity contribution in [3.05, 3.63) is 69.6 Å². The van der Waals surface area contributed by atoms with E-state index < -0.39 is 6.04 Å². The number of Topliss-reactive ketones (excluding diaryl/α,β-unsaturated/α-hetero) is 3. The summed E-state index contributed by atoms with van der Waals surface area (Å²) >= 11 is 3.44. The molecule has 2 aliphatic heterocycles. The van der Waals surface area contributed by atoms with E-state index in [0.29, 0.717) is 65.9 Å². The Morgan fingerprint density at radius 2 is 1.76 bits per heavy atom. The summed E-state index contributed by atoms with van der Waals surface area (Å²) < 4.78 is 7.67. The number of pyridine rings is 1. The zero-order chi connectivity index (χ0) is 35.9. The van der Waals surface area contributed by atoms with Crippen LogP contribution in [0.4, 0.5) is 0 Å². The first-order valence-electron chi connectivity index (χ1n) is 17.9. The Kier molecular flexibility index (Phi) is 9.99. The number of hydrogen-bond donors (Lipinski definition) is 0. The van der Waals surface area contributed by atoms with Crippen LogP contribution in [0, 0.1) is 12.3 Å². The first kappa shape index (κ1) is 35.3. The van der Waals surface area contributed by atoms with Gasteiger partial charge >= 0.3 is 0 Å². The third kappa shape index (κ3) is 7.17. The molecule has 1 aliphatic carbocycles. The molecule has 3 atom stereocenters. The Morgan fingerprint density at radius 1 is 1.00 bits per heavy atom. The van der Waals surface area contributed by atoms with Crippen molar-refractivity contribution >= 4 is 50.1 Å². The van der Waals surface area contributed by atoms with Gasteiger partial charge in [0.25, 0.3) is 0 Å². The van der Waals surface area contributed by atoms with E-state index in [4.69, 9.17) is 9.84 Å². The number of methoxy groups -OCH3 is 1. The average Bonchev–Trinajstić information content (AvgIpc) is 3.51. The van der Waals surface area contributed by atoms with E-state index in [1.165, 1.54) is 6.92 Å². The lowest BCUT2D eigenvalue weighted by Crippen LogP contribution is -2.45. The number of aromatic nitrogens is 5. The third-order valence-electron chi connectivity index (χ3n) is 11.0. The first-order valence-corrected chi connectivity index (χ1v) is 18.7. The van der Waals surface area contributed by atoms with Crippen LogP contribution in [-0.2, 0) is 45.1 Å². The number of carbonyl (C=O) groups excluding carboxylic acids is 4. The summed E-state index contributed by atoms with van der Waals surface area (Å²) in [5.41, 5.74) is 4.94. The molecule has 4 aromatic rings. The molecule has 12 heteroatoms. The predicted molar refractivity (Wildman–Crippen MR) is 194 cm³/mol. The maximum atomic E-state index is 14.6. The van der Waals surface area contributed by atoms with E-state index in [-0.39, 0.29) is 47.7 Å². The van der Waals surface area contributed by atoms with E-state index >= 15 is 0 Å². The second kappa shape index (κ2) is 14.5. The van der Waals surface area contributed by atoms with Crippen molar-refractivity contribution in [3.8, 4) is 11.1 Å². The standard InChI is InChI=1S/C39H43BrN6O5/c1-23(47)37-30-15-27(28-19-41-24(2)42-20-28)14-25-8-6-4-5-7-9-29(48)12-13-39-17-32(33(49)16-31-26(22-51-3)10-11-35(40)43-31)46(34(39)18-39)36(50)21-45(44-37)38(25)30/h10-11,14-15,19-20,32,34H,4-9,12-13,16-18,21-22H2,1-3H3/t32-,34+,39-/m0/s1. The van der Waals surface area contributed by atoms with Crippen LogP contribution in [0.15, 0.2) is 41.3 Å². The summed E-state index contributed by atoms with van der Waals surface area (Å²) in [7, 11) is 1.60. The van der Waals surface area contributed by atoms with Gasteiger partial charge in [0.05, 0.1) is 30.3 Å². The molecule has 3 aliphatic rings. The lowest BCUT2D eigenvalue weighted by Gasteiger charge is -2.27. The van der Waals surface area contributed by atoms with Gasteiger partial charge in [-0.2, -0.15) is 5.10 Å². The van der Waals surface area contributed by atoms with Crippen molar-refractivity contribution in [2.75, 3.05) is 7.11 Å². The highest BCUT2D eigenvalue weighted by atomic mass is 79.9. The maximum Gasteiger partial charge on any atom is 0.245 e. The van der Waals surface area contributed by atoms with Gasteiger partial charge in [0.1, 0.15) is 28.4 Å². The molecule has 51 heavy (non-hydrogen) atoms. The fourth-order valence-corrected chi connectivity index (χ4v) is 8.59. The van der Waals surface area contributed by atoms with Crippen LogP contribution in [-0.4, -0.2) is 72.1 Å². The zero-order valence-corrected chi connectivity index (χ0v) is 31.0. The van der Waals surface area contributed by atoms with Crippen molar-refractivity contribution in [1.29, 1.82) is 0 Å². The molecule has 2 fully saturated rings. The molecular formula is C39H43BrN6O5. The second-order valence-electron chi connectivity index (χ2n) is 14.5. The number of nitrogens with zero attached hydrogens (tertiary/aromatic N) is 6. The summed E-state index contributed by atoms with van der Waals surface area (Å²) in [6.07, 6.45) is 10.9. The summed E-state index contributed by atoms with van der Waals surface area (Å²) in [6.45, 7) is 3.54. The van der Waals surface area contributed by atoms with E-state index in [0.717, 1.165) is 59.9 Å². The van der Waals surface area contributed by atoms with Gasteiger partial charge in [-0.15, -0.1) is 0 Å². The Hall–Kier alpha value is -4.16. The number of amides is 1. The summed E-state index contributed by atoms with van der Waals surface area (Å²) in [4.78, 5) is 70.0. The van der Waals surface area contributed by atoms with Gasteiger partial charge in [-0.05, 0) is 102 Å². The number of carbonyl (C=O) groups is 4. The van der Waals surface area contributed by atoms with Crippen molar-refractivity contribution in [2.45, 2.75) is 110 Å². The van der Waals surface area contributed by atoms with Crippen LogP contribution in [0.5, 0.6) is 0 Å². The van der Waals surface area contributed by atoms with E-state index in [2.05, 4.69) is 36.9 Å². The van der Waals surface area contributed by atoms with Gasteiger partial charge in [0.2, 0.25) is 5.91 Å². The fraction of sp³-hybridized carbons (Fsp3) is 0.487. The molecule has 0 unspecified atom stereocenters. The molecule has 0 radical (unpaired) electrons. The highest BCUT2D eigenvalue weighted by molar-refractivity contribution is 9.10. The lowest BCUT2D eigenvalue weighted by molar-refractivity contribution is -0.139. The number of halogens is 1. The second-order valence-corrected chi connectivity index (χ2v) is 15.3. The molecule has 1 saturated carbocycles. The van der Waals surface area contributed by atoms with Crippen LogP contribution < -0.4 is 0 Å². The molecule has 3 aromatic heterocycles. The SMILES string of the molecule is COCc1ccc(Br)nc1CC(=O)[C@@H]1C[C@]23CCC(=O)CCCCCCc4cc(-c5cnc(C)nc5)cc5c(C(C)=O)nn(c45)CC(=O)N1[C@@H]2C3. The van der Waals surface area contributed by atoms with Gasteiger partial charge in [0.15, 0.2) is 11.6 Å². The molecule has 2 bridgehead atoms. The number of aryl methyl sites for hydroxylation is 2. The van der Waals surface area contributed by atoms with Crippen LogP contribution >= 0.6 is 15.9 Å². The smallest absolute Gasteiger partial charge is 0.245 e. The Morgan fingerprint density at radius 3 is 2.51 bits per heavy atom. The van der Waals surface area contributed by atoms with E-state index in [1.54, 1.807) is 29.1 Å². The van der Waals surface area contributed by atoms with Crippen molar-refractivity contribution in [3.63, 3.8) is 0 Å². The number of hydrogen-bond acceptors (Lipinski definition) is 9. The molecule has 1 saturated heterocycles. The summed E-state index contributed by atoms with van der Waals surface area (Å²) in [5.74, 6) is 0.430. The molecule has 5 heterocycles. The molecule has 1 amide bonds. The lowest BCUT2D eigenvalue weighted by atomic mass is 9.89. The Bertz CT molecular complexity index is 2030. The molecule has 1 aromatic carbocycles. The minimum atomic E-state index is -0.650. The maximum absolute atomic E-state index is 14.6. The average molecular weight is 756 g/mol. The minimum absolute atomic E-state index is 0.0587. The third-order valence-corrected chi connectivity index (χ3v) is 11.4. The van der Waals surface area contributed by atoms with Crippen LogP contribution in [0.25, 0.3) is 22.0 Å². The molecule has 7 rings (SSSR count). The molecule has 0 N–H and O–H groups in total. The highest BCUT2D eigenvalue weighted by Crippen LogP contribution is 2.62. The predicted octanol–water partition coefficient (Wildman–Crippen LogP) is 6.34. The normalized spacial score (nSPS) is 22.5. The van der Waals surface area contributed by atoms with E-state index in [1.807, 2.05) is 25.1 Å². The monoisotopic (exact) mass is 754 g/mol. The number of benzene rings is 1. The largest absolute Gasteiger partial charge is 0.380 e. The zero-order valence-electron chi connectivity index (χ0n) is 29.4. The first-order chi connectivity index (χ1) is 24.6. The fourth-order valence-electron chi connectivity index (χ4n) is 8.25. The Labute approximate surface area is 305 Å². The summed E-state index contributed by atoms with van der Waals surface area (Å²) in [6, 6.07) is 6.98. The van der Waals surface area contributed by atoms with E-state index in [9.17, 15) is 19.2 Å². The molecule has 266 valence electrons. The van der Waals surface area contributed by atoms with Crippen molar-refractivity contribution in [1.82, 2.24) is 29.6 Å². The van der Waals surface area contributed by atoms with Gasteiger partial charge in [-0.3, -0.25) is 23.9 Å². The van der Waals surface area contributed by atoms with Crippen molar-refractivity contribution in [2.24, 2.45) is 5.41 Å². The molecular weight excluding hydrogens is 712 g/mol. The van der Waals surface area contributed by atoms with Gasteiger partial charge in [0, 0.05) is 56.3 Å². The number of rotatable bonds is 7. The highest BCUT2D eigenvalue weighted by Gasteiger charge is 2.66. The van der Waals surface area contributed by atoms with Gasteiger partial charge in [-0.1, -0.05) is 18.9 Å². The number of ether oxygens (including phenoxy) is 1. The summed E-state index contributed by atoms with van der Waals surface area (Å²) in [5, 5.41) is 5.46. The van der Waals surface area contributed by atoms with Crippen LogP contribution in [0.2, 0.25) is 0 Å².